The highest BCUT2D eigenvalue weighted by molar-refractivity contribution is 5.98. The van der Waals surface area contributed by atoms with Gasteiger partial charge in [-0.3, -0.25) is 9.59 Å². The van der Waals surface area contributed by atoms with Crippen LogP contribution in [0.2, 0.25) is 0 Å². The van der Waals surface area contributed by atoms with Gasteiger partial charge < -0.3 is 20.4 Å². The molecule has 3 unspecified atom stereocenters. The second-order valence-electron chi connectivity index (χ2n) is 7.64. The van der Waals surface area contributed by atoms with Gasteiger partial charge in [0.2, 0.25) is 5.91 Å². The van der Waals surface area contributed by atoms with Crippen molar-refractivity contribution < 1.29 is 14.4 Å². The number of nitrogens with zero attached hydrogens (tertiary/aromatic N) is 3. The highest BCUT2D eigenvalue weighted by atomic mass is 16.2. The summed E-state index contributed by atoms with van der Waals surface area (Å²) in [5, 5.41) is 0. The summed E-state index contributed by atoms with van der Waals surface area (Å²) in [6.45, 7) is 6.21. The van der Waals surface area contributed by atoms with Gasteiger partial charge in [-0.15, -0.1) is 0 Å². The molecule has 3 aliphatic heterocycles. The highest BCUT2D eigenvalue weighted by Gasteiger charge is 2.52. The van der Waals surface area contributed by atoms with Crippen molar-refractivity contribution in [2.75, 3.05) is 26.2 Å². The first-order valence-electron chi connectivity index (χ1n) is 9.04. The Morgan fingerprint density at radius 1 is 1.17 bits per heavy atom. The third kappa shape index (κ3) is 3.01. The van der Waals surface area contributed by atoms with Gasteiger partial charge in [0, 0.05) is 19.6 Å². The lowest BCUT2D eigenvalue weighted by molar-refractivity contribution is -0.137. The Balaban J connectivity index is 1.70. The number of urea groups is 1. The van der Waals surface area contributed by atoms with Crippen molar-refractivity contribution in [1.82, 2.24) is 14.7 Å². The summed E-state index contributed by atoms with van der Waals surface area (Å²) in [6.07, 6.45) is 3.32. The Morgan fingerprint density at radius 2 is 1.83 bits per heavy atom. The van der Waals surface area contributed by atoms with Crippen LogP contribution in [0.4, 0.5) is 4.79 Å². The van der Waals surface area contributed by atoms with Crippen LogP contribution in [-0.2, 0) is 9.59 Å². The lowest BCUT2D eigenvalue weighted by atomic mass is 10.0. The first-order valence-corrected chi connectivity index (χ1v) is 9.04. The van der Waals surface area contributed by atoms with Gasteiger partial charge in [-0.05, 0) is 31.6 Å². The van der Waals surface area contributed by atoms with Crippen molar-refractivity contribution in [2.45, 2.75) is 57.7 Å². The quantitative estimate of drug-likeness (QED) is 0.810. The molecule has 0 aromatic carbocycles. The van der Waals surface area contributed by atoms with Crippen molar-refractivity contribution in [3.63, 3.8) is 0 Å². The number of nitrogens with two attached hydrogens (primary N) is 1. The minimum Gasteiger partial charge on any atom is -0.329 e. The standard InChI is InChI=1S/C17H28N4O3/c1-11(2)9-12(18)16(23)20-8-5-13-15(20)14(22)10-21(13)17(24)19-6-3-4-7-19/h11-13,15H,3-10,18H2,1-2H3. The lowest BCUT2D eigenvalue weighted by Crippen LogP contribution is -2.50. The second-order valence-corrected chi connectivity index (χ2v) is 7.64. The normalized spacial score (nSPS) is 28.0. The van der Waals surface area contributed by atoms with E-state index in [2.05, 4.69) is 0 Å². The van der Waals surface area contributed by atoms with E-state index in [0.717, 1.165) is 25.9 Å². The maximum atomic E-state index is 12.7. The van der Waals surface area contributed by atoms with Crippen LogP contribution >= 0.6 is 0 Å². The summed E-state index contributed by atoms with van der Waals surface area (Å²) < 4.78 is 0. The van der Waals surface area contributed by atoms with Crippen molar-refractivity contribution >= 4 is 17.7 Å². The van der Waals surface area contributed by atoms with E-state index in [1.54, 1.807) is 9.80 Å². The molecule has 134 valence electrons. The van der Waals surface area contributed by atoms with Gasteiger partial charge in [0.05, 0.1) is 18.6 Å². The molecular weight excluding hydrogens is 308 g/mol. The summed E-state index contributed by atoms with van der Waals surface area (Å²) in [7, 11) is 0. The Hall–Kier alpha value is -1.63. The van der Waals surface area contributed by atoms with E-state index in [4.69, 9.17) is 5.73 Å². The zero-order valence-corrected chi connectivity index (χ0v) is 14.6. The first kappa shape index (κ1) is 17.2. The van der Waals surface area contributed by atoms with Gasteiger partial charge in [0.25, 0.3) is 0 Å². The average molecular weight is 336 g/mol. The molecule has 7 nitrogen and oxygen atoms in total. The number of ketones is 1. The van der Waals surface area contributed by atoms with Gasteiger partial charge in [-0.1, -0.05) is 13.8 Å². The summed E-state index contributed by atoms with van der Waals surface area (Å²) in [4.78, 5) is 42.9. The van der Waals surface area contributed by atoms with Crippen LogP contribution in [0.1, 0.15) is 39.5 Å². The summed E-state index contributed by atoms with van der Waals surface area (Å²) >= 11 is 0. The molecule has 3 fully saturated rings. The van der Waals surface area contributed by atoms with Gasteiger partial charge in [0.1, 0.15) is 6.04 Å². The number of fused-ring (bicyclic) bond motifs is 1. The minimum absolute atomic E-state index is 0.0323. The number of hydrogen-bond acceptors (Lipinski definition) is 4. The molecule has 0 aliphatic carbocycles. The molecule has 3 saturated heterocycles. The van der Waals surface area contributed by atoms with Crippen molar-refractivity contribution in [3.05, 3.63) is 0 Å². The van der Waals surface area contributed by atoms with Crippen molar-refractivity contribution in [3.8, 4) is 0 Å². The lowest BCUT2D eigenvalue weighted by Gasteiger charge is -2.28. The fourth-order valence-corrected chi connectivity index (χ4v) is 4.24. The highest BCUT2D eigenvalue weighted by Crippen LogP contribution is 2.31. The first-order chi connectivity index (χ1) is 11.4. The number of carbonyl (C=O) groups excluding carboxylic acids is 3. The van der Waals surface area contributed by atoms with Gasteiger partial charge in [-0.2, -0.15) is 0 Å². The predicted octanol–water partition coefficient (Wildman–Crippen LogP) is 0.430. The largest absolute Gasteiger partial charge is 0.329 e. The third-order valence-corrected chi connectivity index (χ3v) is 5.37. The maximum Gasteiger partial charge on any atom is 0.320 e. The average Bonchev–Trinajstić information content (AvgIpc) is 3.23. The molecule has 2 N–H and O–H groups in total. The van der Waals surface area contributed by atoms with Gasteiger partial charge in [-0.25, -0.2) is 4.79 Å². The van der Waals surface area contributed by atoms with E-state index in [1.807, 2.05) is 18.7 Å². The Bertz CT molecular complexity index is 530. The molecule has 0 aromatic rings. The SMILES string of the molecule is CC(C)CC(N)C(=O)N1CCC2C1C(=O)CN2C(=O)N1CCCC1. The molecule has 3 aliphatic rings. The topological polar surface area (TPSA) is 87.0 Å². The van der Waals surface area contributed by atoms with Crippen LogP contribution < -0.4 is 5.73 Å². The summed E-state index contributed by atoms with van der Waals surface area (Å²) in [5.74, 6) is 0.144. The number of amides is 3. The number of rotatable bonds is 3. The minimum atomic E-state index is -0.570. The molecule has 3 rings (SSSR count). The molecule has 0 aromatic heterocycles. The summed E-state index contributed by atoms with van der Waals surface area (Å²) in [6, 6.07) is -1.29. The van der Waals surface area contributed by atoms with Crippen LogP contribution in [0.3, 0.4) is 0 Å². The third-order valence-electron chi connectivity index (χ3n) is 5.37. The molecule has 3 atom stereocenters. The van der Waals surface area contributed by atoms with E-state index in [0.29, 0.717) is 25.3 Å². The van der Waals surface area contributed by atoms with Crippen molar-refractivity contribution in [1.29, 1.82) is 0 Å². The molecular formula is C17H28N4O3. The maximum absolute atomic E-state index is 12.7. The Labute approximate surface area is 143 Å². The monoisotopic (exact) mass is 336 g/mol. The van der Waals surface area contributed by atoms with E-state index in [1.165, 1.54) is 0 Å². The number of carbonyl (C=O) groups is 3. The molecule has 0 spiro atoms. The van der Waals surface area contributed by atoms with Crippen LogP contribution in [0, 0.1) is 5.92 Å². The second kappa shape index (κ2) is 6.70. The predicted molar refractivity (Wildman–Crippen MR) is 89.3 cm³/mol. The van der Waals surface area contributed by atoms with E-state index in [-0.39, 0.29) is 30.3 Å². The van der Waals surface area contributed by atoms with Gasteiger partial charge in [0.15, 0.2) is 5.78 Å². The van der Waals surface area contributed by atoms with E-state index >= 15 is 0 Å². The van der Waals surface area contributed by atoms with E-state index < -0.39 is 12.1 Å². The van der Waals surface area contributed by atoms with Crippen LogP contribution in [0.5, 0.6) is 0 Å². The molecule has 24 heavy (non-hydrogen) atoms. The van der Waals surface area contributed by atoms with Crippen LogP contribution in [-0.4, -0.2) is 76.7 Å². The van der Waals surface area contributed by atoms with Crippen molar-refractivity contribution in [2.24, 2.45) is 11.7 Å². The van der Waals surface area contributed by atoms with Crippen LogP contribution in [0.15, 0.2) is 0 Å². The zero-order valence-electron chi connectivity index (χ0n) is 14.6. The Kier molecular flexibility index (Phi) is 4.80. The smallest absolute Gasteiger partial charge is 0.320 e. The zero-order chi connectivity index (χ0) is 17.4. The number of Topliss-reactive ketones (excluding diaryl/α,β-unsaturated/α-hetero) is 1. The molecule has 0 saturated carbocycles. The molecule has 7 heteroatoms. The number of hydrogen-bond donors (Lipinski definition) is 1. The molecule has 3 heterocycles. The fraction of sp³-hybridized carbons (Fsp3) is 0.824. The molecule has 3 amide bonds. The summed E-state index contributed by atoms with van der Waals surface area (Å²) in [5.41, 5.74) is 6.03. The molecule has 0 bridgehead atoms. The number of likely N-dealkylation sites (tertiary alicyclic amines) is 3. The van der Waals surface area contributed by atoms with E-state index in [9.17, 15) is 14.4 Å². The Morgan fingerprint density at radius 3 is 2.46 bits per heavy atom. The van der Waals surface area contributed by atoms with Gasteiger partial charge >= 0.3 is 6.03 Å². The fourth-order valence-electron chi connectivity index (χ4n) is 4.24. The van der Waals surface area contributed by atoms with Crippen LogP contribution in [0.25, 0.3) is 0 Å². The molecule has 0 radical (unpaired) electrons.